The maximum absolute atomic E-state index is 4.41. The Hall–Kier alpha value is -1.68. The van der Waals surface area contributed by atoms with Crippen LogP contribution in [0, 0.1) is 6.92 Å². The van der Waals surface area contributed by atoms with Gasteiger partial charge in [0.05, 0.1) is 23.8 Å². The number of hydrogen-bond donors (Lipinski definition) is 1. The third kappa shape index (κ3) is 2.12. The molecule has 1 unspecified atom stereocenters. The molecule has 0 spiro atoms. The van der Waals surface area contributed by atoms with Crippen LogP contribution in [-0.2, 0) is 0 Å². The van der Waals surface area contributed by atoms with E-state index in [4.69, 9.17) is 0 Å². The minimum Gasteiger partial charge on any atom is -0.312 e. The van der Waals surface area contributed by atoms with Crippen LogP contribution in [-0.4, -0.2) is 21.8 Å². The van der Waals surface area contributed by atoms with E-state index in [1.165, 1.54) is 0 Å². The third-order valence-corrected chi connectivity index (χ3v) is 2.62. The molecule has 0 amide bonds. The van der Waals surface area contributed by atoms with Gasteiger partial charge in [-0.05, 0) is 38.6 Å². The number of pyridine rings is 1. The highest BCUT2D eigenvalue weighted by molar-refractivity contribution is 5.30. The second-order valence-electron chi connectivity index (χ2n) is 3.91. The summed E-state index contributed by atoms with van der Waals surface area (Å²) in [5, 5.41) is 7.40. The van der Waals surface area contributed by atoms with Gasteiger partial charge in [-0.25, -0.2) is 4.68 Å². The standard InChI is InChI=1S/C12H16N4/c1-9-6-15-16(8-9)11-4-5-12(14-7-11)10(2)13-3/h4-8,10,13H,1-3H3. The van der Waals surface area contributed by atoms with Gasteiger partial charge < -0.3 is 5.32 Å². The van der Waals surface area contributed by atoms with Gasteiger partial charge in [0.1, 0.15) is 0 Å². The zero-order chi connectivity index (χ0) is 11.5. The molecule has 0 saturated heterocycles. The van der Waals surface area contributed by atoms with E-state index in [1.807, 2.05) is 49.4 Å². The lowest BCUT2D eigenvalue weighted by Crippen LogP contribution is -2.13. The molecule has 0 aromatic carbocycles. The van der Waals surface area contributed by atoms with Crippen molar-refractivity contribution >= 4 is 0 Å². The van der Waals surface area contributed by atoms with Crippen molar-refractivity contribution in [3.8, 4) is 5.69 Å². The summed E-state index contributed by atoms with van der Waals surface area (Å²) in [5.41, 5.74) is 3.17. The molecular formula is C12H16N4. The summed E-state index contributed by atoms with van der Waals surface area (Å²) in [6, 6.07) is 4.32. The van der Waals surface area contributed by atoms with Crippen LogP contribution < -0.4 is 5.32 Å². The van der Waals surface area contributed by atoms with Crippen molar-refractivity contribution in [3.63, 3.8) is 0 Å². The first-order valence-corrected chi connectivity index (χ1v) is 5.35. The molecule has 2 rings (SSSR count). The van der Waals surface area contributed by atoms with Gasteiger partial charge >= 0.3 is 0 Å². The zero-order valence-corrected chi connectivity index (χ0v) is 9.81. The summed E-state index contributed by atoms with van der Waals surface area (Å²) >= 11 is 0. The van der Waals surface area contributed by atoms with Gasteiger partial charge in [0.25, 0.3) is 0 Å². The van der Waals surface area contributed by atoms with E-state index in [0.29, 0.717) is 0 Å². The number of hydrogen-bond acceptors (Lipinski definition) is 3. The minimum absolute atomic E-state index is 0.272. The first-order chi connectivity index (χ1) is 7.70. The van der Waals surface area contributed by atoms with Crippen molar-refractivity contribution < 1.29 is 0 Å². The molecule has 4 heteroatoms. The molecule has 1 N–H and O–H groups in total. The van der Waals surface area contributed by atoms with Gasteiger partial charge in [-0.3, -0.25) is 4.98 Å². The smallest absolute Gasteiger partial charge is 0.0829 e. The van der Waals surface area contributed by atoms with Gasteiger partial charge in [0.2, 0.25) is 0 Å². The molecule has 2 heterocycles. The van der Waals surface area contributed by atoms with E-state index < -0.39 is 0 Å². The number of aryl methyl sites for hydroxylation is 1. The van der Waals surface area contributed by atoms with E-state index in [9.17, 15) is 0 Å². The molecule has 2 aromatic rings. The van der Waals surface area contributed by atoms with Crippen LogP contribution in [0.3, 0.4) is 0 Å². The number of aromatic nitrogens is 3. The third-order valence-electron chi connectivity index (χ3n) is 2.62. The second kappa shape index (κ2) is 4.45. The Balaban J connectivity index is 2.25. The molecule has 4 nitrogen and oxygen atoms in total. The summed E-state index contributed by atoms with van der Waals surface area (Å²) < 4.78 is 1.83. The summed E-state index contributed by atoms with van der Waals surface area (Å²) in [6.45, 7) is 4.11. The maximum atomic E-state index is 4.41. The van der Waals surface area contributed by atoms with Crippen LogP contribution in [0.2, 0.25) is 0 Å². The largest absolute Gasteiger partial charge is 0.312 e. The fraction of sp³-hybridized carbons (Fsp3) is 0.333. The second-order valence-corrected chi connectivity index (χ2v) is 3.91. The van der Waals surface area contributed by atoms with Gasteiger partial charge in [-0.2, -0.15) is 5.10 Å². The van der Waals surface area contributed by atoms with Crippen LogP contribution in [0.4, 0.5) is 0 Å². The highest BCUT2D eigenvalue weighted by Crippen LogP contribution is 2.11. The Morgan fingerprint density at radius 1 is 1.31 bits per heavy atom. The van der Waals surface area contributed by atoms with Crippen LogP contribution in [0.25, 0.3) is 5.69 Å². The Labute approximate surface area is 95.3 Å². The predicted octanol–water partition coefficient (Wildman–Crippen LogP) is 1.86. The van der Waals surface area contributed by atoms with E-state index in [0.717, 1.165) is 16.9 Å². The lowest BCUT2D eigenvalue weighted by molar-refractivity contribution is 0.632. The van der Waals surface area contributed by atoms with Crippen molar-refractivity contribution in [2.24, 2.45) is 0 Å². The van der Waals surface area contributed by atoms with Gasteiger partial charge in [0, 0.05) is 12.2 Å². The predicted molar refractivity (Wildman–Crippen MR) is 63.6 cm³/mol. The molecule has 0 radical (unpaired) electrons. The van der Waals surface area contributed by atoms with Crippen molar-refractivity contribution in [3.05, 3.63) is 42.0 Å². The lowest BCUT2D eigenvalue weighted by atomic mass is 10.2. The molecule has 0 fully saturated rings. The van der Waals surface area contributed by atoms with Crippen LogP contribution >= 0.6 is 0 Å². The van der Waals surface area contributed by atoms with Gasteiger partial charge in [-0.1, -0.05) is 0 Å². The Morgan fingerprint density at radius 2 is 2.12 bits per heavy atom. The summed E-state index contributed by atoms with van der Waals surface area (Å²) in [7, 11) is 1.93. The van der Waals surface area contributed by atoms with Crippen molar-refractivity contribution in [2.75, 3.05) is 7.05 Å². The molecule has 0 bridgehead atoms. The average Bonchev–Trinajstić information content (AvgIpc) is 2.75. The summed E-state index contributed by atoms with van der Waals surface area (Å²) in [4.78, 5) is 4.41. The molecule has 0 aliphatic heterocycles. The van der Waals surface area contributed by atoms with E-state index in [2.05, 4.69) is 22.3 Å². The number of nitrogens with zero attached hydrogens (tertiary/aromatic N) is 3. The lowest BCUT2D eigenvalue weighted by Gasteiger charge is -2.09. The number of nitrogens with one attached hydrogen (secondary N) is 1. The molecule has 0 aliphatic rings. The monoisotopic (exact) mass is 216 g/mol. The molecule has 0 saturated carbocycles. The Morgan fingerprint density at radius 3 is 2.62 bits per heavy atom. The summed E-state index contributed by atoms with van der Waals surface area (Å²) in [6.07, 6.45) is 5.66. The molecular weight excluding hydrogens is 200 g/mol. The fourth-order valence-corrected chi connectivity index (χ4v) is 1.49. The van der Waals surface area contributed by atoms with Crippen molar-refractivity contribution in [1.29, 1.82) is 0 Å². The zero-order valence-electron chi connectivity index (χ0n) is 9.81. The highest BCUT2D eigenvalue weighted by atomic mass is 15.3. The van der Waals surface area contributed by atoms with E-state index in [1.54, 1.807) is 0 Å². The quantitative estimate of drug-likeness (QED) is 0.851. The van der Waals surface area contributed by atoms with Crippen LogP contribution in [0.1, 0.15) is 24.2 Å². The number of rotatable bonds is 3. The molecule has 84 valence electrons. The van der Waals surface area contributed by atoms with Crippen molar-refractivity contribution in [2.45, 2.75) is 19.9 Å². The normalized spacial score (nSPS) is 12.7. The maximum Gasteiger partial charge on any atom is 0.0829 e. The van der Waals surface area contributed by atoms with Gasteiger partial charge in [-0.15, -0.1) is 0 Å². The van der Waals surface area contributed by atoms with E-state index in [-0.39, 0.29) is 6.04 Å². The van der Waals surface area contributed by atoms with Crippen LogP contribution in [0.5, 0.6) is 0 Å². The Bertz CT molecular complexity index is 458. The highest BCUT2D eigenvalue weighted by Gasteiger charge is 2.04. The first kappa shape index (κ1) is 10.8. The molecule has 1 atom stereocenters. The molecule has 16 heavy (non-hydrogen) atoms. The fourth-order valence-electron chi connectivity index (χ4n) is 1.49. The topological polar surface area (TPSA) is 42.7 Å². The first-order valence-electron chi connectivity index (χ1n) is 5.35. The SMILES string of the molecule is CNC(C)c1ccc(-n2cc(C)cn2)cn1. The average molecular weight is 216 g/mol. The van der Waals surface area contributed by atoms with Crippen LogP contribution in [0.15, 0.2) is 30.7 Å². The van der Waals surface area contributed by atoms with E-state index >= 15 is 0 Å². The van der Waals surface area contributed by atoms with Crippen molar-refractivity contribution in [1.82, 2.24) is 20.1 Å². The van der Waals surface area contributed by atoms with Gasteiger partial charge in [0.15, 0.2) is 0 Å². The summed E-state index contributed by atoms with van der Waals surface area (Å²) in [5.74, 6) is 0. The molecule has 2 aromatic heterocycles. The minimum atomic E-state index is 0.272. The Kier molecular flexibility index (Phi) is 3.01. The molecule has 0 aliphatic carbocycles.